The molecular weight excluding hydrogens is 406 g/mol. The Morgan fingerprint density at radius 2 is 2.12 bits per heavy atom. The minimum Gasteiger partial charge on any atom is -0.394 e. The van der Waals surface area contributed by atoms with Gasteiger partial charge in [-0.3, -0.25) is 14.3 Å². The molecule has 0 saturated heterocycles. The van der Waals surface area contributed by atoms with Crippen molar-refractivity contribution in [2.45, 2.75) is 44.9 Å². The molecule has 3 rings (SSSR count). The zero-order valence-corrected chi connectivity index (χ0v) is 16.1. The van der Waals surface area contributed by atoms with Crippen molar-refractivity contribution >= 4 is 33.0 Å². The quantitative estimate of drug-likeness (QED) is 0.540. The number of rotatable bonds is 8. The average Bonchev–Trinajstić information content (AvgIpc) is 2.95. The fourth-order valence-corrected chi connectivity index (χ4v) is 3.62. The van der Waals surface area contributed by atoms with Gasteiger partial charge in [0.1, 0.15) is 12.8 Å². The van der Waals surface area contributed by atoms with E-state index in [-0.39, 0.29) is 24.8 Å². The van der Waals surface area contributed by atoms with Gasteiger partial charge in [0.15, 0.2) is 15.9 Å². The van der Waals surface area contributed by atoms with Gasteiger partial charge in [-0.1, -0.05) is 19.3 Å². The van der Waals surface area contributed by atoms with Crippen molar-refractivity contribution in [2.24, 2.45) is 5.92 Å². The fraction of sp³-hybridized carbons (Fsp3) is 0.688. The Kier molecular flexibility index (Phi) is 6.63. The molecule has 1 unspecified atom stereocenters. The number of halogens is 1. The zero-order chi connectivity index (χ0) is 18.5. The molecule has 0 aromatic carbocycles. The van der Waals surface area contributed by atoms with Gasteiger partial charge in [0, 0.05) is 6.61 Å². The second-order valence-electron chi connectivity index (χ2n) is 6.57. The van der Waals surface area contributed by atoms with Crippen LogP contribution in [-0.4, -0.2) is 50.6 Å². The van der Waals surface area contributed by atoms with Crippen LogP contribution < -0.4 is 11.3 Å². The molecule has 0 amide bonds. The largest absolute Gasteiger partial charge is 0.394 e. The smallest absolute Gasteiger partial charge is 0.280 e. The van der Waals surface area contributed by atoms with Crippen molar-refractivity contribution < 1.29 is 14.6 Å². The third kappa shape index (κ3) is 4.61. The first-order valence-corrected chi connectivity index (χ1v) is 9.59. The van der Waals surface area contributed by atoms with Crippen molar-refractivity contribution in [3.8, 4) is 0 Å². The number of aromatic amines is 1. The van der Waals surface area contributed by atoms with Gasteiger partial charge in [0.2, 0.25) is 5.95 Å². The number of anilines is 1. The second kappa shape index (κ2) is 8.94. The molecule has 9 nitrogen and oxygen atoms in total. The maximum absolute atomic E-state index is 11.9. The first-order chi connectivity index (χ1) is 12.6. The number of nitrogens with two attached hydrogens (primary N) is 1. The SMILES string of the molecule is Nc1nc2c(nc(Br)n2COC(CO)COCC2CCCCC2)c(=O)[nH]1. The number of aromatic nitrogens is 4. The summed E-state index contributed by atoms with van der Waals surface area (Å²) in [6.45, 7) is 0.911. The van der Waals surface area contributed by atoms with Gasteiger partial charge in [-0.05, 0) is 34.7 Å². The second-order valence-corrected chi connectivity index (χ2v) is 7.28. The highest BCUT2D eigenvalue weighted by molar-refractivity contribution is 9.10. The molecule has 0 spiro atoms. The van der Waals surface area contributed by atoms with Gasteiger partial charge < -0.3 is 20.3 Å². The first-order valence-electron chi connectivity index (χ1n) is 8.80. The third-order valence-corrected chi connectivity index (χ3v) is 5.21. The van der Waals surface area contributed by atoms with Crippen molar-refractivity contribution in [2.75, 3.05) is 25.6 Å². The summed E-state index contributed by atoms with van der Waals surface area (Å²) in [5.74, 6) is 0.611. The minimum absolute atomic E-state index is 0.00525. The number of hydrogen-bond acceptors (Lipinski definition) is 7. The molecular formula is C16H24BrN5O4. The average molecular weight is 430 g/mol. The van der Waals surface area contributed by atoms with Crippen LogP contribution in [0.15, 0.2) is 9.53 Å². The predicted molar refractivity (Wildman–Crippen MR) is 99.6 cm³/mol. The first kappa shape index (κ1) is 19.3. The van der Waals surface area contributed by atoms with Crippen LogP contribution in [0.1, 0.15) is 32.1 Å². The number of H-pyrrole nitrogens is 1. The van der Waals surface area contributed by atoms with Crippen molar-refractivity contribution in [3.05, 3.63) is 15.1 Å². The molecule has 0 radical (unpaired) electrons. The normalized spacial score (nSPS) is 17.0. The summed E-state index contributed by atoms with van der Waals surface area (Å²) in [5, 5.41) is 9.53. The molecule has 0 bridgehead atoms. The van der Waals surface area contributed by atoms with Gasteiger partial charge >= 0.3 is 0 Å². The number of hydrogen-bond donors (Lipinski definition) is 3. The molecule has 144 valence electrons. The Hall–Kier alpha value is -1.49. The molecule has 2 heterocycles. The molecule has 0 aliphatic heterocycles. The maximum atomic E-state index is 11.9. The van der Waals surface area contributed by atoms with E-state index in [0.29, 0.717) is 29.5 Å². The number of nitrogens with zero attached hydrogens (tertiary/aromatic N) is 3. The van der Waals surface area contributed by atoms with Crippen LogP contribution >= 0.6 is 15.9 Å². The molecule has 1 saturated carbocycles. The minimum atomic E-state index is -0.470. The van der Waals surface area contributed by atoms with Crippen molar-refractivity contribution in [3.63, 3.8) is 0 Å². The Morgan fingerprint density at radius 3 is 2.85 bits per heavy atom. The highest BCUT2D eigenvalue weighted by atomic mass is 79.9. The van der Waals surface area contributed by atoms with Crippen LogP contribution in [0, 0.1) is 5.92 Å². The van der Waals surface area contributed by atoms with Crippen molar-refractivity contribution in [1.29, 1.82) is 0 Å². The topological polar surface area (TPSA) is 128 Å². The van der Waals surface area contributed by atoms with E-state index in [1.54, 1.807) is 4.57 Å². The maximum Gasteiger partial charge on any atom is 0.280 e. The lowest BCUT2D eigenvalue weighted by molar-refractivity contribution is -0.0727. The fourth-order valence-electron chi connectivity index (χ4n) is 3.17. The van der Waals surface area contributed by atoms with E-state index in [1.807, 2.05) is 0 Å². The Labute approximate surface area is 159 Å². The molecule has 1 atom stereocenters. The van der Waals surface area contributed by atoms with E-state index in [0.717, 1.165) is 0 Å². The lowest BCUT2D eigenvalue weighted by Gasteiger charge is -2.23. The molecule has 2 aromatic heterocycles. The molecule has 2 aromatic rings. The molecule has 1 aliphatic rings. The number of ether oxygens (including phenoxy) is 2. The van der Waals surface area contributed by atoms with Gasteiger partial charge in [-0.15, -0.1) is 0 Å². The van der Waals surface area contributed by atoms with E-state index < -0.39 is 11.7 Å². The van der Waals surface area contributed by atoms with Gasteiger partial charge in [-0.25, -0.2) is 4.98 Å². The predicted octanol–water partition coefficient (Wildman–Crippen LogP) is 1.40. The summed E-state index contributed by atoms with van der Waals surface area (Å²) < 4.78 is 13.4. The Balaban J connectivity index is 1.57. The summed E-state index contributed by atoms with van der Waals surface area (Å²) >= 11 is 3.29. The van der Waals surface area contributed by atoms with Crippen LogP contribution in [0.5, 0.6) is 0 Å². The number of nitrogen functional groups attached to an aromatic ring is 1. The molecule has 26 heavy (non-hydrogen) atoms. The zero-order valence-electron chi connectivity index (χ0n) is 14.5. The van der Waals surface area contributed by atoms with Gasteiger partial charge in [0.05, 0.1) is 13.2 Å². The van der Waals surface area contributed by atoms with E-state index >= 15 is 0 Å². The van der Waals surface area contributed by atoms with Crippen LogP contribution in [0.25, 0.3) is 11.2 Å². The van der Waals surface area contributed by atoms with Crippen LogP contribution in [0.2, 0.25) is 0 Å². The number of imidazole rings is 1. The van der Waals surface area contributed by atoms with E-state index in [2.05, 4.69) is 30.9 Å². The Bertz CT molecular complexity index is 787. The third-order valence-electron chi connectivity index (χ3n) is 4.60. The van der Waals surface area contributed by atoms with E-state index in [1.165, 1.54) is 32.1 Å². The van der Waals surface area contributed by atoms with Gasteiger partial charge in [-0.2, -0.15) is 4.98 Å². The summed E-state index contributed by atoms with van der Waals surface area (Å²) in [5.41, 5.74) is 5.67. The molecule has 1 aliphatic carbocycles. The van der Waals surface area contributed by atoms with Crippen molar-refractivity contribution in [1.82, 2.24) is 19.5 Å². The number of nitrogens with one attached hydrogen (secondary N) is 1. The lowest BCUT2D eigenvalue weighted by atomic mass is 9.90. The highest BCUT2D eigenvalue weighted by Gasteiger charge is 2.18. The highest BCUT2D eigenvalue weighted by Crippen LogP contribution is 2.23. The number of fused-ring (bicyclic) bond motifs is 1. The Morgan fingerprint density at radius 1 is 1.35 bits per heavy atom. The van der Waals surface area contributed by atoms with E-state index in [9.17, 15) is 9.90 Å². The van der Waals surface area contributed by atoms with Crippen LogP contribution in [0.4, 0.5) is 5.95 Å². The lowest BCUT2D eigenvalue weighted by Crippen LogP contribution is -2.27. The van der Waals surface area contributed by atoms with Gasteiger partial charge in [0.25, 0.3) is 5.56 Å². The standard InChI is InChI=1S/C16H24BrN5O4/c17-15-19-12-13(20-16(18)21-14(12)24)22(15)9-26-11(6-23)8-25-7-10-4-2-1-3-5-10/h10-11,23H,1-9H2,(H3,18,20,21,24). The summed E-state index contributed by atoms with van der Waals surface area (Å²) in [6, 6.07) is 0. The number of aliphatic hydroxyl groups excluding tert-OH is 1. The summed E-state index contributed by atoms with van der Waals surface area (Å²) in [6.07, 6.45) is 5.80. The molecule has 10 heteroatoms. The van der Waals surface area contributed by atoms with Crippen LogP contribution in [-0.2, 0) is 16.2 Å². The summed E-state index contributed by atoms with van der Waals surface area (Å²) in [4.78, 5) is 22.5. The van der Waals surface area contributed by atoms with Crippen LogP contribution in [0.3, 0.4) is 0 Å². The number of aliphatic hydroxyl groups is 1. The monoisotopic (exact) mass is 429 g/mol. The summed E-state index contributed by atoms with van der Waals surface area (Å²) in [7, 11) is 0. The molecule has 1 fully saturated rings. The molecule has 4 N–H and O–H groups in total. The van der Waals surface area contributed by atoms with E-state index in [4.69, 9.17) is 15.2 Å².